The van der Waals surface area contributed by atoms with Crippen molar-refractivity contribution in [3.63, 3.8) is 0 Å². The van der Waals surface area contributed by atoms with E-state index in [4.69, 9.17) is 0 Å². The Labute approximate surface area is 139 Å². The minimum absolute atomic E-state index is 0.0110. The first kappa shape index (κ1) is 15.8. The number of likely N-dealkylation sites (tertiary alicyclic amines) is 1. The zero-order chi connectivity index (χ0) is 16.4. The van der Waals surface area contributed by atoms with E-state index in [9.17, 15) is 4.79 Å². The first-order valence-corrected chi connectivity index (χ1v) is 8.57. The molecule has 1 amide bonds. The van der Waals surface area contributed by atoms with Gasteiger partial charge in [-0.05, 0) is 37.7 Å². The summed E-state index contributed by atoms with van der Waals surface area (Å²) in [5.74, 6) is 1.50. The molecule has 1 aliphatic heterocycles. The van der Waals surface area contributed by atoms with Crippen LogP contribution in [0, 0.1) is 6.92 Å². The van der Waals surface area contributed by atoms with Crippen molar-refractivity contribution < 1.29 is 4.79 Å². The van der Waals surface area contributed by atoms with Crippen molar-refractivity contribution in [1.29, 1.82) is 0 Å². The molecule has 0 aromatic carbocycles. The minimum atomic E-state index is -0.0110. The van der Waals surface area contributed by atoms with Crippen molar-refractivity contribution >= 4 is 23.3 Å². The molecule has 23 heavy (non-hydrogen) atoms. The van der Waals surface area contributed by atoms with Gasteiger partial charge in [0.15, 0.2) is 0 Å². The lowest BCUT2D eigenvalue weighted by molar-refractivity contribution is 0.0736. The lowest BCUT2D eigenvalue weighted by atomic mass is 10.1. The van der Waals surface area contributed by atoms with Gasteiger partial charge in [-0.1, -0.05) is 11.4 Å². The quantitative estimate of drug-likeness (QED) is 0.924. The zero-order valence-electron chi connectivity index (χ0n) is 13.5. The predicted octanol–water partition coefficient (Wildman–Crippen LogP) is 2.22. The first-order valence-electron chi connectivity index (χ1n) is 7.79. The van der Waals surface area contributed by atoms with Crippen LogP contribution in [-0.4, -0.2) is 44.0 Å². The average Bonchev–Trinajstić information content (AvgIpc) is 3.22. The molecule has 2 aromatic rings. The highest BCUT2D eigenvalue weighted by Crippen LogP contribution is 2.33. The van der Waals surface area contributed by atoms with Crippen molar-refractivity contribution in [3.05, 3.63) is 28.2 Å². The summed E-state index contributed by atoms with van der Waals surface area (Å²) >= 11 is 1.18. The molecule has 7 nitrogen and oxygen atoms in total. The standard InChI is InChI=1S/C15H20N6OS/c1-4-10-14(23-20-19-10)15(22)21-7-5-6-12(21)11-8-13(16-3)18-9(2)17-11/h8,12H,4-7H2,1-3H3,(H,16,17,18)/t12-/m0/s1. The van der Waals surface area contributed by atoms with Crippen LogP contribution in [0.2, 0.25) is 0 Å². The van der Waals surface area contributed by atoms with E-state index < -0.39 is 0 Å². The van der Waals surface area contributed by atoms with E-state index in [0.29, 0.717) is 17.1 Å². The van der Waals surface area contributed by atoms with E-state index in [1.807, 2.05) is 31.9 Å². The summed E-state index contributed by atoms with van der Waals surface area (Å²) in [7, 11) is 1.83. The van der Waals surface area contributed by atoms with Gasteiger partial charge in [-0.25, -0.2) is 9.97 Å². The van der Waals surface area contributed by atoms with Gasteiger partial charge in [0.05, 0.1) is 17.4 Å². The summed E-state index contributed by atoms with van der Waals surface area (Å²) in [6, 6.07) is 1.91. The molecule has 2 aromatic heterocycles. The van der Waals surface area contributed by atoms with Gasteiger partial charge in [-0.15, -0.1) is 5.10 Å². The van der Waals surface area contributed by atoms with E-state index >= 15 is 0 Å². The Morgan fingerprint density at radius 3 is 3.04 bits per heavy atom. The normalized spacial score (nSPS) is 17.5. The van der Waals surface area contributed by atoms with Crippen LogP contribution in [0.3, 0.4) is 0 Å². The number of anilines is 1. The molecule has 0 bridgehead atoms. The third kappa shape index (κ3) is 3.03. The highest BCUT2D eigenvalue weighted by molar-refractivity contribution is 7.08. The van der Waals surface area contributed by atoms with Crippen molar-refractivity contribution in [2.75, 3.05) is 18.9 Å². The number of hydrogen-bond donors (Lipinski definition) is 1. The Bertz CT molecular complexity index is 716. The van der Waals surface area contributed by atoms with Gasteiger partial charge in [0.1, 0.15) is 16.5 Å². The molecule has 0 radical (unpaired) electrons. The molecular weight excluding hydrogens is 312 g/mol. The maximum Gasteiger partial charge on any atom is 0.268 e. The summed E-state index contributed by atoms with van der Waals surface area (Å²) in [6.07, 6.45) is 2.60. The first-order chi connectivity index (χ1) is 11.1. The van der Waals surface area contributed by atoms with Crippen LogP contribution >= 0.6 is 11.5 Å². The molecule has 1 N–H and O–H groups in total. The van der Waals surface area contributed by atoms with E-state index in [2.05, 4.69) is 24.9 Å². The molecular formula is C15H20N6OS. The zero-order valence-corrected chi connectivity index (χ0v) is 14.4. The second kappa shape index (κ2) is 6.57. The third-order valence-corrected chi connectivity index (χ3v) is 4.81. The van der Waals surface area contributed by atoms with E-state index in [-0.39, 0.29) is 11.9 Å². The number of amides is 1. The summed E-state index contributed by atoms with van der Waals surface area (Å²) in [5, 5.41) is 7.10. The largest absolute Gasteiger partial charge is 0.373 e. The van der Waals surface area contributed by atoms with E-state index in [1.165, 1.54) is 11.5 Å². The molecule has 8 heteroatoms. The Morgan fingerprint density at radius 2 is 2.30 bits per heavy atom. The Balaban J connectivity index is 1.91. The highest BCUT2D eigenvalue weighted by atomic mass is 32.1. The van der Waals surface area contributed by atoms with Crippen molar-refractivity contribution in [1.82, 2.24) is 24.5 Å². The van der Waals surface area contributed by atoms with Crippen molar-refractivity contribution in [3.8, 4) is 0 Å². The van der Waals surface area contributed by atoms with Crippen LogP contribution in [0.25, 0.3) is 0 Å². The molecule has 122 valence electrons. The molecule has 1 aliphatic rings. The Hall–Kier alpha value is -2.09. The van der Waals surface area contributed by atoms with Crippen LogP contribution in [0.5, 0.6) is 0 Å². The van der Waals surface area contributed by atoms with Gasteiger partial charge >= 0.3 is 0 Å². The number of carbonyl (C=O) groups excluding carboxylic acids is 1. The van der Waals surface area contributed by atoms with Crippen molar-refractivity contribution in [2.45, 2.75) is 39.2 Å². The van der Waals surface area contributed by atoms with Gasteiger partial charge < -0.3 is 10.2 Å². The number of carbonyl (C=O) groups is 1. The highest BCUT2D eigenvalue weighted by Gasteiger charge is 2.33. The van der Waals surface area contributed by atoms with Crippen molar-refractivity contribution in [2.24, 2.45) is 0 Å². The molecule has 1 saturated heterocycles. The van der Waals surface area contributed by atoms with Gasteiger partial charge in [0.25, 0.3) is 5.91 Å². The number of hydrogen-bond acceptors (Lipinski definition) is 7. The van der Waals surface area contributed by atoms with Crippen LogP contribution < -0.4 is 5.32 Å². The number of nitrogens with one attached hydrogen (secondary N) is 1. The topological polar surface area (TPSA) is 83.9 Å². The van der Waals surface area contributed by atoms with Crippen LogP contribution in [0.1, 0.15) is 52.7 Å². The fourth-order valence-corrected chi connectivity index (χ4v) is 3.65. The monoisotopic (exact) mass is 332 g/mol. The second-order valence-electron chi connectivity index (χ2n) is 5.53. The molecule has 3 rings (SSSR count). The molecule has 3 heterocycles. The van der Waals surface area contributed by atoms with E-state index in [0.717, 1.165) is 36.6 Å². The number of aromatic nitrogens is 4. The van der Waals surface area contributed by atoms with Gasteiger partial charge in [-0.2, -0.15) is 0 Å². The smallest absolute Gasteiger partial charge is 0.268 e. The van der Waals surface area contributed by atoms with E-state index in [1.54, 1.807) is 0 Å². The summed E-state index contributed by atoms with van der Waals surface area (Å²) in [4.78, 5) is 24.3. The maximum atomic E-state index is 12.9. The third-order valence-electron chi connectivity index (χ3n) is 4.05. The summed E-state index contributed by atoms with van der Waals surface area (Å²) in [5.41, 5.74) is 1.67. The summed E-state index contributed by atoms with van der Waals surface area (Å²) < 4.78 is 3.93. The van der Waals surface area contributed by atoms with Crippen LogP contribution in [-0.2, 0) is 6.42 Å². The molecule has 0 unspecified atom stereocenters. The van der Waals surface area contributed by atoms with Gasteiger partial charge in [-0.3, -0.25) is 4.79 Å². The van der Waals surface area contributed by atoms with Gasteiger partial charge in [0.2, 0.25) is 0 Å². The molecule has 1 atom stereocenters. The number of nitrogens with zero attached hydrogens (tertiary/aromatic N) is 5. The fourth-order valence-electron chi connectivity index (χ4n) is 2.94. The Morgan fingerprint density at radius 1 is 1.48 bits per heavy atom. The van der Waals surface area contributed by atoms with Crippen LogP contribution in [0.15, 0.2) is 6.07 Å². The summed E-state index contributed by atoms with van der Waals surface area (Å²) in [6.45, 7) is 4.60. The average molecular weight is 332 g/mol. The second-order valence-corrected chi connectivity index (χ2v) is 6.29. The Kier molecular flexibility index (Phi) is 4.51. The number of rotatable bonds is 4. The lowest BCUT2D eigenvalue weighted by Crippen LogP contribution is -2.31. The predicted molar refractivity (Wildman–Crippen MR) is 88.6 cm³/mol. The lowest BCUT2D eigenvalue weighted by Gasteiger charge is -2.24. The fraction of sp³-hybridized carbons (Fsp3) is 0.533. The van der Waals surface area contributed by atoms with Crippen LogP contribution in [0.4, 0.5) is 5.82 Å². The van der Waals surface area contributed by atoms with Gasteiger partial charge in [0, 0.05) is 19.7 Å². The molecule has 1 fully saturated rings. The molecule has 0 spiro atoms. The SMILES string of the molecule is CCc1nnsc1C(=O)N1CCC[C@H]1c1cc(NC)nc(C)n1. The maximum absolute atomic E-state index is 12.9. The minimum Gasteiger partial charge on any atom is -0.373 e. The molecule has 0 saturated carbocycles. The molecule has 0 aliphatic carbocycles. The number of aryl methyl sites for hydroxylation is 2.